The number of hydrogen-bond donors (Lipinski definition) is 1. The Morgan fingerprint density at radius 1 is 1.10 bits per heavy atom. The lowest BCUT2D eigenvalue weighted by molar-refractivity contribution is -0.143. The number of hydrogen-bond acceptors (Lipinski definition) is 6. The minimum atomic E-state index is -0.495. The number of methoxy groups -OCH3 is 2. The van der Waals surface area contributed by atoms with Crippen LogP contribution in [0.3, 0.4) is 0 Å². The van der Waals surface area contributed by atoms with Gasteiger partial charge in [-0.1, -0.05) is 24.3 Å². The van der Waals surface area contributed by atoms with E-state index in [9.17, 15) is 4.79 Å². The van der Waals surface area contributed by atoms with Gasteiger partial charge in [0, 0.05) is 11.3 Å². The van der Waals surface area contributed by atoms with E-state index >= 15 is 0 Å². The SMILES string of the molecule is COc1cccc([C@@H]2C(C(=O)OC(C)C)=C(C)Nc3nc4ccccc4n32)c1OC. The van der Waals surface area contributed by atoms with E-state index in [-0.39, 0.29) is 12.1 Å². The van der Waals surface area contributed by atoms with Crippen molar-refractivity contribution in [3.63, 3.8) is 0 Å². The molecule has 156 valence electrons. The van der Waals surface area contributed by atoms with E-state index in [1.54, 1.807) is 14.2 Å². The number of ether oxygens (including phenoxy) is 3. The van der Waals surface area contributed by atoms with Crippen molar-refractivity contribution in [3.05, 3.63) is 59.3 Å². The maximum absolute atomic E-state index is 13.2. The first-order valence-corrected chi connectivity index (χ1v) is 9.82. The monoisotopic (exact) mass is 407 g/mol. The van der Waals surface area contributed by atoms with Crippen molar-refractivity contribution in [2.45, 2.75) is 32.9 Å². The number of carbonyl (C=O) groups is 1. The van der Waals surface area contributed by atoms with E-state index in [0.29, 0.717) is 28.7 Å². The molecule has 0 aliphatic carbocycles. The van der Waals surface area contributed by atoms with Crippen LogP contribution in [0.15, 0.2) is 53.7 Å². The molecule has 2 heterocycles. The Morgan fingerprint density at radius 3 is 2.57 bits per heavy atom. The molecular weight excluding hydrogens is 382 g/mol. The first-order valence-electron chi connectivity index (χ1n) is 9.82. The summed E-state index contributed by atoms with van der Waals surface area (Å²) in [6.45, 7) is 5.53. The fraction of sp³-hybridized carbons (Fsp3) is 0.304. The average molecular weight is 407 g/mol. The fourth-order valence-corrected chi connectivity index (χ4v) is 3.93. The Bertz CT molecular complexity index is 1150. The van der Waals surface area contributed by atoms with Gasteiger partial charge in [0.25, 0.3) is 0 Å². The summed E-state index contributed by atoms with van der Waals surface area (Å²) < 4.78 is 18.8. The Morgan fingerprint density at radius 2 is 1.87 bits per heavy atom. The number of esters is 1. The zero-order chi connectivity index (χ0) is 21.4. The van der Waals surface area contributed by atoms with Crippen LogP contribution in [0.4, 0.5) is 5.95 Å². The maximum atomic E-state index is 13.2. The van der Waals surface area contributed by atoms with Crippen molar-refractivity contribution in [1.82, 2.24) is 9.55 Å². The standard InChI is InChI=1S/C23H25N3O4/c1-13(2)30-22(27)19-14(3)24-23-25-16-10-6-7-11-17(16)26(23)20(19)15-9-8-12-18(28-4)21(15)29-5/h6-13,20H,1-5H3,(H,24,25)/t20-/m1/s1. The minimum absolute atomic E-state index is 0.244. The van der Waals surface area contributed by atoms with Crippen LogP contribution in [0.5, 0.6) is 11.5 Å². The summed E-state index contributed by atoms with van der Waals surface area (Å²) in [4.78, 5) is 17.9. The van der Waals surface area contributed by atoms with Gasteiger partial charge in [0.15, 0.2) is 11.5 Å². The van der Waals surface area contributed by atoms with E-state index < -0.39 is 6.04 Å². The van der Waals surface area contributed by atoms with Gasteiger partial charge in [0.2, 0.25) is 5.95 Å². The van der Waals surface area contributed by atoms with Crippen molar-refractivity contribution in [3.8, 4) is 11.5 Å². The molecule has 0 saturated heterocycles. The summed E-state index contributed by atoms with van der Waals surface area (Å²) in [7, 11) is 3.19. The summed E-state index contributed by atoms with van der Waals surface area (Å²) >= 11 is 0. The molecule has 7 heteroatoms. The number of rotatable bonds is 5. The summed E-state index contributed by atoms with van der Waals surface area (Å²) in [5.41, 5.74) is 3.72. The molecule has 0 bridgehead atoms. The number of anilines is 1. The van der Waals surface area contributed by atoms with Crippen molar-refractivity contribution >= 4 is 23.0 Å². The number of para-hydroxylation sites is 3. The van der Waals surface area contributed by atoms with Gasteiger partial charge in [0.1, 0.15) is 0 Å². The molecule has 2 aromatic carbocycles. The van der Waals surface area contributed by atoms with Crippen LogP contribution in [-0.4, -0.2) is 35.8 Å². The zero-order valence-electron chi connectivity index (χ0n) is 17.7. The lowest BCUT2D eigenvalue weighted by Gasteiger charge is -2.31. The first-order chi connectivity index (χ1) is 14.5. The van der Waals surface area contributed by atoms with E-state index in [0.717, 1.165) is 16.6 Å². The molecule has 1 atom stereocenters. The van der Waals surface area contributed by atoms with E-state index in [1.807, 2.05) is 67.8 Å². The van der Waals surface area contributed by atoms with Crippen LogP contribution in [0, 0.1) is 0 Å². The number of allylic oxidation sites excluding steroid dienone is 1. The van der Waals surface area contributed by atoms with Gasteiger partial charge in [-0.15, -0.1) is 0 Å². The van der Waals surface area contributed by atoms with Crippen LogP contribution < -0.4 is 14.8 Å². The van der Waals surface area contributed by atoms with Crippen LogP contribution in [0.1, 0.15) is 32.4 Å². The van der Waals surface area contributed by atoms with Crippen molar-refractivity contribution in [2.75, 3.05) is 19.5 Å². The van der Waals surface area contributed by atoms with E-state index in [4.69, 9.17) is 19.2 Å². The topological polar surface area (TPSA) is 74.6 Å². The number of benzene rings is 2. The molecule has 1 aromatic heterocycles. The quantitative estimate of drug-likeness (QED) is 0.636. The third kappa shape index (κ3) is 3.16. The lowest BCUT2D eigenvalue weighted by Crippen LogP contribution is -2.30. The van der Waals surface area contributed by atoms with Crippen molar-refractivity contribution in [2.24, 2.45) is 0 Å². The predicted octanol–water partition coefficient (Wildman–Crippen LogP) is 4.29. The van der Waals surface area contributed by atoms with Crippen LogP contribution in [0.2, 0.25) is 0 Å². The molecular formula is C23H25N3O4. The Labute approximate surface area is 175 Å². The van der Waals surface area contributed by atoms with Gasteiger partial charge in [-0.2, -0.15) is 0 Å². The molecule has 0 radical (unpaired) electrons. The summed E-state index contributed by atoms with van der Waals surface area (Å²) in [5.74, 6) is 1.44. The molecule has 30 heavy (non-hydrogen) atoms. The number of fused-ring (bicyclic) bond motifs is 3. The Hall–Kier alpha value is -3.48. The molecule has 0 spiro atoms. The molecule has 0 fully saturated rings. The zero-order valence-corrected chi connectivity index (χ0v) is 17.7. The maximum Gasteiger partial charge on any atom is 0.338 e. The second kappa shape index (κ2) is 7.74. The number of aromatic nitrogens is 2. The predicted molar refractivity (Wildman–Crippen MR) is 115 cm³/mol. The molecule has 0 unspecified atom stereocenters. The number of nitrogens with zero attached hydrogens (tertiary/aromatic N) is 2. The van der Waals surface area contributed by atoms with Crippen molar-refractivity contribution < 1.29 is 19.0 Å². The summed E-state index contributed by atoms with van der Waals surface area (Å²) in [5, 5.41) is 3.28. The first kappa shape index (κ1) is 19.8. The van der Waals surface area contributed by atoms with Gasteiger partial charge in [0.05, 0.1) is 43.0 Å². The number of imidazole rings is 1. The smallest absolute Gasteiger partial charge is 0.338 e. The highest BCUT2D eigenvalue weighted by molar-refractivity contribution is 5.94. The summed E-state index contributed by atoms with van der Waals surface area (Å²) in [6.07, 6.45) is -0.244. The third-order valence-electron chi connectivity index (χ3n) is 5.12. The summed E-state index contributed by atoms with van der Waals surface area (Å²) in [6, 6.07) is 13.0. The number of nitrogens with one attached hydrogen (secondary N) is 1. The van der Waals surface area contributed by atoms with Crippen molar-refractivity contribution in [1.29, 1.82) is 0 Å². The van der Waals surface area contributed by atoms with E-state index in [2.05, 4.69) is 5.32 Å². The van der Waals surface area contributed by atoms with E-state index in [1.165, 1.54) is 0 Å². The molecule has 1 N–H and O–H groups in total. The molecule has 3 aromatic rings. The normalized spacial score (nSPS) is 15.7. The van der Waals surface area contributed by atoms with Crippen LogP contribution >= 0.6 is 0 Å². The second-order valence-corrected chi connectivity index (χ2v) is 7.40. The van der Waals surface area contributed by atoms with Gasteiger partial charge in [-0.25, -0.2) is 9.78 Å². The highest BCUT2D eigenvalue weighted by Gasteiger charge is 2.37. The van der Waals surface area contributed by atoms with Gasteiger partial charge >= 0.3 is 5.97 Å². The molecule has 4 rings (SSSR count). The lowest BCUT2D eigenvalue weighted by atomic mass is 9.94. The van der Waals surface area contributed by atoms with Crippen LogP contribution in [-0.2, 0) is 9.53 Å². The largest absolute Gasteiger partial charge is 0.493 e. The Kier molecular flexibility index (Phi) is 5.11. The second-order valence-electron chi connectivity index (χ2n) is 7.40. The average Bonchev–Trinajstić information content (AvgIpc) is 3.09. The highest BCUT2D eigenvalue weighted by Crippen LogP contribution is 2.45. The fourth-order valence-electron chi connectivity index (χ4n) is 3.93. The molecule has 0 saturated carbocycles. The minimum Gasteiger partial charge on any atom is -0.493 e. The van der Waals surface area contributed by atoms with Gasteiger partial charge < -0.3 is 19.5 Å². The number of carbonyl (C=O) groups excluding carboxylic acids is 1. The van der Waals surface area contributed by atoms with Gasteiger partial charge in [-0.3, -0.25) is 4.57 Å². The van der Waals surface area contributed by atoms with Gasteiger partial charge in [-0.05, 0) is 39.0 Å². The van der Waals surface area contributed by atoms with Crippen LogP contribution in [0.25, 0.3) is 11.0 Å². The third-order valence-corrected chi connectivity index (χ3v) is 5.12. The molecule has 0 amide bonds. The highest BCUT2D eigenvalue weighted by atomic mass is 16.5. The molecule has 1 aliphatic heterocycles. The Balaban J connectivity index is 2.02. The molecule has 1 aliphatic rings. The molecule has 7 nitrogen and oxygen atoms in total.